The number of carbonyl (C=O) groups is 2. The minimum atomic E-state index is -0.914. The third kappa shape index (κ3) is 4.21. The van der Waals surface area contributed by atoms with Gasteiger partial charge in [-0.2, -0.15) is 0 Å². The maximum atomic E-state index is 13.1. The molecule has 152 valence electrons. The molecule has 2 aliphatic heterocycles. The quantitative estimate of drug-likeness (QED) is 0.785. The number of aromatic nitrogens is 1. The molecular weight excluding hydrogens is 412 g/mol. The number of carboxylic acid groups (broad SMARTS) is 1. The number of piperidine rings is 1. The van der Waals surface area contributed by atoms with E-state index in [0.29, 0.717) is 30.2 Å². The van der Waals surface area contributed by atoms with Crippen molar-refractivity contribution in [2.75, 3.05) is 24.6 Å². The molecule has 4 rings (SSSR count). The van der Waals surface area contributed by atoms with E-state index >= 15 is 0 Å². The van der Waals surface area contributed by atoms with Crippen molar-refractivity contribution in [1.82, 2.24) is 9.47 Å². The van der Waals surface area contributed by atoms with Gasteiger partial charge in [-0.3, -0.25) is 14.4 Å². The van der Waals surface area contributed by atoms with E-state index in [9.17, 15) is 14.4 Å². The smallest absolute Gasteiger partial charge is 0.313 e. The topological polar surface area (TPSA) is 79.6 Å². The lowest BCUT2D eigenvalue weighted by Crippen LogP contribution is -2.49. The fourth-order valence-electron chi connectivity index (χ4n) is 4.32. The average molecular weight is 433 g/mol. The van der Waals surface area contributed by atoms with Crippen molar-refractivity contribution in [3.05, 3.63) is 57.5 Å². The van der Waals surface area contributed by atoms with E-state index in [1.54, 1.807) is 12.1 Å². The molecule has 6 nitrogen and oxygen atoms in total. The first-order chi connectivity index (χ1) is 13.9. The molecule has 1 saturated heterocycles. The number of likely N-dealkylation sites (tertiary alicyclic amines) is 1. The summed E-state index contributed by atoms with van der Waals surface area (Å²) in [5.74, 6) is -0.481. The number of benzene rings is 1. The number of hydrogen-bond acceptors (Lipinski definition) is 4. The van der Waals surface area contributed by atoms with Gasteiger partial charge in [0, 0.05) is 41.8 Å². The van der Waals surface area contributed by atoms with Gasteiger partial charge in [0.2, 0.25) is 5.91 Å². The Labute approximate surface area is 177 Å². The van der Waals surface area contributed by atoms with E-state index in [-0.39, 0.29) is 34.8 Å². The van der Waals surface area contributed by atoms with Gasteiger partial charge in [-0.15, -0.1) is 11.8 Å². The Kier molecular flexibility index (Phi) is 5.69. The van der Waals surface area contributed by atoms with Crippen molar-refractivity contribution in [1.29, 1.82) is 0 Å². The summed E-state index contributed by atoms with van der Waals surface area (Å²) in [4.78, 5) is 38.1. The summed E-state index contributed by atoms with van der Waals surface area (Å²) in [6.07, 6.45) is 0.964. The molecule has 0 aliphatic carbocycles. The van der Waals surface area contributed by atoms with Crippen LogP contribution in [0.2, 0.25) is 5.02 Å². The van der Waals surface area contributed by atoms with Gasteiger partial charge in [-0.1, -0.05) is 23.7 Å². The lowest BCUT2D eigenvalue weighted by molar-refractivity contribution is -0.133. The van der Waals surface area contributed by atoms with Crippen molar-refractivity contribution in [3.63, 3.8) is 0 Å². The molecule has 2 bridgehead atoms. The standard InChI is InChI=1S/C21H21ClN2O4S/c22-16-3-1-14(2-4-16)17-5-6-18-15-7-13(9-24(18)21(17)28)8-23(10-15)19(25)11-29-12-20(26)27/h1-6,13,15H,7-12H2,(H,26,27)/t13-,15-/m1/s1. The van der Waals surface area contributed by atoms with Gasteiger partial charge in [-0.05, 0) is 42.2 Å². The SMILES string of the molecule is O=C(O)CSCC(=O)N1C[C@H]2C[C@H](C1)c1ccc(-c3ccc(Cl)cc3)c(=O)n1C2. The second-order valence-corrected chi connectivity index (χ2v) is 9.00. The molecule has 0 radical (unpaired) electrons. The van der Waals surface area contributed by atoms with Gasteiger partial charge in [0.25, 0.3) is 5.56 Å². The van der Waals surface area contributed by atoms with Crippen LogP contribution in [0.25, 0.3) is 11.1 Å². The summed E-state index contributed by atoms with van der Waals surface area (Å²) in [5, 5.41) is 9.37. The molecule has 1 N–H and O–H groups in total. The van der Waals surface area contributed by atoms with Crippen molar-refractivity contribution in [2.24, 2.45) is 5.92 Å². The third-order valence-electron chi connectivity index (χ3n) is 5.56. The number of carboxylic acids is 1. The highest BCUT2D eigenvalue weighted by molar-refractivity contribution is 8.00. The Balaban J connectivity index is 1.55. The number of hydrogen-bond donors (Lipinski definition) is 1. The molecule has 3 heterocycles. The number of rotatable bonds is 5. The Morgan fingerprint density at radius 3 is 2.55 bits per heavy atom. The lowest BCUT2D eigenvalue weighted by atomic mass is 9.82. The highest BCUT2D eigenvalue weighted by Crippen LogP contribution is 2.36. The van der Waals surface area contributed by atoms with Crippen LogP contribution in [0.5, 0.6) is 0 Å². The first-order valence-electron chi connectivity index (χ1n) is 9.49. The minimum Gasteiger partial charge on any atom is -0.481 e. The van der Waals surface area contributed by atoms with Gasteiger partial charge in [0.1, 0.15) is 0 Å². The molecule has 1 aromatic carbocycles. The first kappa shape index (κ1) is 20.0. The summed E-state index contributed by atoms with van der Waals surface area (Å²) in [7, 11) is 0. The normalized spacial score (nSPS) is 20.2. The Morgan fingerprint density at radius 2 is 1.83 bits per heavy atom. The van der Waals surface area contributed by atoms with E-state index < -0.39 is 5.97 Å². The number of aliphatic carboxylic acids is 1. The Hall–Kier alpha value is -2.25. The summed E-state index contributed by atoms with van der Waals surface area (Å²) >= 11 is 7.08. The van der Waals surface area contributed by atoms with Gasteiger partial charge in [-0.25, -0.2) is 0 Å². The molecule has 0 spiro atoms. The van der Waals surface area contributed by atoms with Crippen LogP contribution in [0.4, 0.5) is 0 Å². The molecular formula is C21H21ClN2O4S. The minimum absolute atomic E-state index is 0.00341. The van der Waals surface area contributed by atoms with Crippen molar-refractivity contribution in [3.8, 4) is 11.1 Å². The zero-order chi connectivity index (χ0) is 20.5. The maximum absolute atomic E-state index is 13.1. The molecule has 29 heavy (non-hydrogen) atoms. The highest BCUT2D eigenvalue weighted by atomic mass is 35.5. The number of halogens is 1. The van der Waals surface area contributed by atoms with E-state index in [2.05, 4.69) is 0 Å². The zero-order valence-electron chi connectivity index (χ0n) is 15.7. The van der Waals surface area contributed by atoms with Gasteiger partial charge < -0.3 is 14.6 Å². The van der Waals surface area contributed by atoms with E-state index in [1.807, 2.05) is 33.7 Å². The van der Waals surface area contributed by atoms with Crippen LogP contribution in [0.1, 0.15) is 18.0 Å². The molecule has 1 amide bonds. The fourth-order valence-corrected chi connectivity index (χ4v) is 5.08. The van der Waals surface area contributed by atoms with Crippen LogP contribution in [0.15, 0.2) is 41.2 Å². The zero-order valence-corrected chi connectivity index (χ0v) is 17.3. The molecule has 2 aliphatic rings. The van der Waals surface area contributed by atoms with Crippen LogP contribution >= 0.6 is 23.4 Å². The number of fused-ring (bicyclic) bond motifs is 4. The van der Waals surface area contributed by atoms with Crippen LogP contribution in [-0.4, -0.2) is 51.0 Å². The highest BCUT2D eigenvalue weighted by Gasteiger charge is 2.36. The largest absolute Gasteiger partial charge is 0.481 e. The summed E-state index contributed by atoms with van der Waals surface area (Å²) in [5.41, 5.74) is 2.47. The van der Waals surface area contributed by atoms with E-state index in [4.69, 9.17) is 16.7 Å². The molecule has 8 heteroatoms. The van der Waals surface area contributed by atoms with E-state index in [0.717, 1.165) is 29.4 Å². The lowest BCUT2D eigenvalue weighted by Gasteiger charge is -2.43. The number of pyridine rings is 1. The van der Waals surface area contributed by atoms with Gasteiger partial charge in [0.05, 0.1) is 11.5 Å². The number of nitrogens with zero attached hydrogens (tertiary/aromatic N) is 2. The van der Waals surface area contributed by atoms with Crippen molar-refractivity contribution in [2.45, 2.75) is 18.9 Å². The number of carbonyl (C=O) groups excluding carboxylic acids is 1. The Morgan fingerprint density at radius 1 is 1.07 bits per heavy atom. The monoisotopic (exact) mass is 432 g/mol. The second-order valence-electron chi connectivity index (χ2n) is 7.58. The fraction of sp³-hybridized carbons (Fsp3) is 0.381. The average Bonchev–Trinajstić information content (AvgIpc) is 2.69. The van der Waals surface area contributed by atoms with Crippen molar-refractivity contribution < 1.29 is 14.7 Å². The predicted octanol–water partition coefficient (Wildman–Crippen LogP) is 2.93. The first-order valence-corrected chi connectivity index (χ1v) is 11.0. The Bertz CT molecular complexity index is 1000. The van der Waals surface area contributed by atoms with Crippen LogP contribution in [-0.2, 0) is 16.1 Å². The molecule has 2 aromatic rings. The summed E-state index contributed by atoms with van der Waals surface area (Å²) in [6, 6.07) is 11.1. The molecule has 1 fully saturated rings. The number of amides is 1. The number of thioether (sulfide) groups is 1. The molecule has 1 aromatic heterocycles. The van der Waals surface area contributed by atoms with Gasteiger partial charge >= 0.3 is 5.97 Å². The molecule has 0 unspecified atom stereocenters. The summed E-state index contributed by atoms with van der Waals surface area (Å²) < 4.78 is 1.86. The van der Waals surface area contributed by atoms with Crippen LogP contribution in [0, 0.1) is 5.92 Å². The molecule has 0 saturated carbocycles. The van der Waals surface area contributed by atoms with E-state index in [1.165, 1.54) is 0 Å². The third-order valence-corrected chi connectivity index (χ3v) is 6.72. The maximum Gasteiger partial charge on any atom is 0.313 e. The second kappa shape index (κ2) is 8.24. The van der Waals surface area contributed by atoms with Gasteiger partial charge in [0.15, 0.2) is 0 Å². The van der Waals surface area contributed by atoms with Crippen molar-refractivity contribution >= 4 is 35.2 Å². The summed E-state index contributed by atoms with van der Waals surface area (Å²) in [6.45, 7) is 1.78. The van der Waals surface area contributed by atoms with Crippen LogP contribution < -0.4 is 5.56 Å². The molecule has 2 atom stereocenters. The predicted molar refractivity (Wildman–Crippen MR) is 114 cm³/mol. The van der Waals surface area contributed by atoms with Crippen LogP contribution in [0.3, 0.4) is 0 Å².